The van der Waals surface area contributed by atoms with Gasteiger partial charge in [0.1, 0.15) is 5.76 Å². The number of aromatic nitrogens is 1. The van der Waals surface area contributed by atoms with Crippen molar-refractivity contribution in [2.75, 3.05) is 5.32 Å². The minimum absolute atomic E-state index is 0.272. The lowest BCUT2D eigenvalue weighted by molar-refractivity contribution is -0.0843. The van der Waals surface area contributed by atoms with Crippen LogP contribution < -0.4 is 14.8 Å². The highest BCUT2D eigenvalue weighted by atomic mass is 16.7. The quantitative estimate of drug-likeness (QED) is 0.935. The number of nitrogens with zero attached hydrogens (tertiary/aromatic N) is 1. The van der Waals surface area contributed by atoms with E-state index >= 15 is 0 Å². The number of amides is 1. The first-order valence-electron chi connectivity index (χ1n) is 7.30. The van der Waals surface area contributed by atoms with Crippen molar-refractivity contribution in [2.24, 2.45) is 0 Å². The maximum Gasteiger partial charge on any atom is 0.277 e. The van der Waals surface area contributed by atoms with Crippen molar-refractivity contribution in [2.45, 2.75) is 39.4 Å². The van der Waals surface area contributed by atoms with Crippen molar-refractivity contribution in [3.8, 4) is 11.5 Å². The Labute approximate surface area is 128 Å². The van der Waals surface area contributed by atoms with Crippen LogP contribution in [-0.2, 0) is 0 Å². The largest absolute Gasteiger partial charge is 0.448 e. The van der Waals surface area contributed by atoms with E-state index in [1.165, 1.54) is 6.39 Å². The third-order valence-electron chi connectivity index (χ3n) is 3.83. The molecule has 1 aliphatic rings. The standard InChI is InChI=1S/C16H18N2O4/c1-4-16(5-2)21-12-7-6-11(8-13(12)22-16)18-15(19)14-10(3)20-9-17-14/h6-9H,4-5H2,1-3H3,(H,18,19). The number of hydrogen-bond donors (Lipinski definition) is 1. The highest BCUT2D eigenvalue weighted by Crippen LogP contribution is 2.43. The van der Waals surface area contributed by atoms with Crippen LogP contribution in [0.5, 0.6) is 11.5 Å². The molecule has 22 heavy (non-hydrogen) atoms. The Balaban J connectivity index is 1.79. The van der Waals surface area contributed by atoms with Crippen molar-refractivity contribution in [1.82, 2.24) is 4.98 Å². The molecule has 0 atom stereocenters. The van der Waals surface area contributed by atoms with Crippen LogP contribution in [0.15, 0.2) is 29.0 Å². The summed E-state index contributed by atoms with van der Waals surface area (Å²) >= 11 is 0. The summed E-state index contributed by atoms with van der Waals surface area (Å²) < 4.78 is 16.8. The number of fused-ring (bicyclic) bond motifs is 1. The minimum atomic E-state index is -0.604. The second-order valence-electron chi connectivity index (χ2n) is 5.19. The van der Waals surface area contributed by atoms with E-state index in [9.17, 15) is 4.79 Å². The van der Waals surface area contributed by atoms with E-state index in [1.807, 2.05) is 13.8 Å². The summed E-state index contributed by atoms with van der Waals surface area (Å²) in [5.41, 5.74) is 0.895. The van der Waals surface area contributed by atoms with Gasteiger partial charge in [0.05, 0.1) is 0 Å². The Morgan fingerprint density at radius 2 is 1.95 bits per heavy atom. The van der Waals surface area contributed by atoms with Crippen molar-refractivity contribution in [3.63, 3.8) is 0 Å². The van der Waals surface area contributed by atoms with Crippen LogP contribution in [0.4, 0.5) is 5.69 Å². The molecule has 1 aliphatic heterocycles. The number of aryl methyl sites for hydroxylation is 1. The lowest BCUT2D eigenvalue weighted by atomic mass is 10.1. The van der Waals surface area contributed by atoms with E-state index in [2.05, 4.69) is 10.3 Å². The molecule has 0 spiro atoms. The molecule has 0 radical (unpaired) electrons. The van der Waals surface area contributed by atoms with E-state index in [-0.39, 0.29) is 11.6 Å². The molecule has 6 nitrogen and oxygen atoms in total. The first kappa shape index (κ1) is 14.4. The number of hydrogen-bond acceptors (Lipinski definition) is 5. The molecule has 2 aromatic rings. The fraction of sp³-hybridized carbons (Fsp3) is 0.375. The van der Waals surface area contributed by atoms with Crippen molar-refractivity contribution >= 4 is 11.6 Å². The van der Waals surface area contributed by atoms with E-state index in [4.69, 9.17) is 13.9 Å². The molecule has 1 amide bonds. The van der Waals surface area contributed by atoms with Gasteiger partial charge in [-0.2, -0.15) is 0 Å². The van der Waals surface area contributed by atoms with Crippen LogP contribution in [0, 0.1) is 6.92 Å². The Kier molecular flexibility index (Phi) is 3.52. The summed E-state index contributed by atoms with van der Waals surface area (Å²) in [5.74, 6) is 0.891. The molecule has 0 saturated carbocycles. The first-order valence-corrected chi connectivity index (χ1v) is 7.30. The highest BCUT2D eigenvalue weighted by Gasteiger charge is 2.38. The lowest BCUT2D eigenvalue weighted by Crippen LogP contribution is -2.36. The molecule has 2 heterocycles. The molecule has 3 rings (SSSR count). The predicted octanol–water partition coefficient (Wildman–Crippen LogP) is 3.52. The molecule has 116 valence electrons. The highest BCUT2D eigenvalue weighted by molar-refractivity contribution is 6.03. The lowest BCUT2D eigenvalue weighted by Gasteiger charge is -2.24. The maximum absolute atomic E-state index is 12.1. The van der Waals surface area contributed by atoms with Gasteiger partial charge in [0.2, 0.25) is 0 Å². The Morgan fingerprint density at radius 3 is 2.59 bits per heavy atom. The van der Waals surface area contributed by atoms with Crippen molar-refractivity contribution < 1.29 is 18.7 Å². The van der Waals surface area contributed by atoms with E-state index in [1.54, 1.807) is 25.1 Å². The van der Waals surface area contributed by atoms with E-state index < -0.39 is 5.79 Å². The van der Waals surface area contributed by atoms with Crippen LogP contribution in [0.2, 0.25) is 0 Å². The predicted molar refractivity (Wildman–Crippen MR) is 80.2 cm³/mol. The molecule has 6 heteroatoms. The van der Waals surface area contributed by atoms with Crippen LogP contribution in [-0.4, -0.2) is 16.7 Å². The summed E-state index contributed by atoms with van der Waals surface area (Å²) in [5, 5.41) is 2.78. The van der Waals surface area contributed by atoms with Gasteiger partial charge in [-0.25, -0.2) is 4.98 Å². The van der Waals surface area contributed by atoms with Gasteiger partial charge in [-0.05, 0) is 19.1 Å². The van der Waals surface area contributed by atoms with Gasteiger partial charge in [0, 0.05) is 24.6 Å². The molecular formula is C16H18N2O4. The van der Waals surface area contributed by atoms with Crippen LogP contribution in [0.3, 0.4) is 0 Å². The summed E-state index contributed by atoms with van der Waals surface area (Å²) in [6, 6.07) is 5.33. The van der Waals surface area contributed by atoms with Gasteiger partial charge in [-0.15, -0.1) is 0 Å². The Hall–Kier alpha value is -2.50. The van der Waals surface area contributed by atoms with Gasteiger partial charge < -0.3 is 19.2 Å². The zero-order valence-electron chi connectivity index (χ0n) is 12.8. The van der Waals surface area contributed by atoms with E-state index in [0.717, 1.165) is 12.8 Å². The van der Waals surface area contributed by atoms with Crippen molar-refractivity contribution in [1.29, 1.82) is 0 Å². The van der Waals surface area contributed by atoms with Crippen molar-refractivity contribution in [3.05, 3.63) is 36.0 Å². The number of ether oxygens (including phenoxy) is 2. The number of nitrogens with one attached hydrogen (secondary N) is 1. The number of carbonyl (C=O) groups excluding carboxylic acids is 1. The Morgan fingerprint density at radius 1 is 1.23 bits per heavy atom. The monoisotopic (exact) mass is 302 g/mol. The summed E-state index contributed by atoms with van der Waals surface area (Å²) in [6.45, 7) is 5.73. The minimum Gasteiger partial charge on any atom is -0.448 e. The molecule has 1 N–H and O–H groups in total. The second-order valence-corrected chi connectivity index (χ2v) is 5.19. The molecule has 0 bridgehead atoms. The zero-order chi connectivity index (χ0) is 15.7. The van der Waals surface area contributed by atoms with Gasteiger partial charge in [-0.3, -0.25) is 4.79 Å². The van der Waals surface area contributed by atoms with Crippen LogP contribution in [0.1, 0.15) is 42.9 Å². The third kappa shape index (κ3) is 2.41. The average molecular weight is 302 g/mol. The van der Waals surface area contributed by atoms with E-state index in [0.29, 0.717) is 22.9 Å². The van der Waals surface area contributed by atoms with Gasteiger partial charge >= 0.3 is 0 Å². The zero-order valence-corrected chi connectivity index (χ0v) is 12.8. The Bertz CT molecular complexity index is 704. The summed E-state index contributed by atoms with van der Waals surface area (Å²) in [4.78, 5) is 16.0. The average Bonchev–Trinajstić information content (AvgIpc) is 3.10. The molecule has 1 aromatic heterocycles. The van der Waals surface area contributed by atoms with Gasteiger partial charge in [0.25, 0.3) is 11.7 Å². The number of rotatable bonds is 4. The first-order chi connectivity index (χ1) is 10.6. The van der Waals surface area contributed by atoms with Crippen LogP contribution in [0.25, 0.3) is 0 Å². The maximum atomic E-state index is 12.1. The fourth-order valence-electron chi connectivity index (χ4n) is 2.42. The van der Waals surface area contributed by atoms with Gasteiger partial charge in [0.15, 0.2) is 23.6 Å². The number of benzene rings is 1. The summed E-state index contributed by atoms with van der Waals surface area (Å²) in [6.07, 6.45) is 2.75. The fourth-order valence-corrected chi connectivity index (χ4v) is 2.42. The topological polar surface area (TPSA) is 73.6 Å². The smallest absolute Gasteiger partial charge is 0.277 e. The number of oxazole rings is 1. The molecule has 0 saturated heterocycles. The molecular weight excluding hydrogens is 284 g/mol. The third-order valence-corrected chi connectivity index (χ3v) is 3.83. The SMILES string of the molecule is CCC1(CC)Oc2ccc(NC(=O)c3ncoc3C)cc2O1. The number of carbonyl (C=O) groups is 1. The van der Waals surface area contributed by atoms with Crippen LogP contribution >= 0.6 is 0 Å². The molecule has 1 aromatic carbocycles. The molecule has 0 unspecified atom stereocenters. The summed E-state index contributed by atoms with van der Waals surface area (Å²) in [7, 11) is 0. The second kappa shape index (κ2) is 5.36. The normalized spacial score (nSPS) is 14.9. The van der Waals surface area contributed by atoms with Gasteiger partial charge in [-0.1, -0.05) is 13.8 Å². The molecule has 0 fully saturated rings. The number of anilines is 1. The molecule has 0 aliphatic carbocycles.